The maximum Gasteiger partial charge on any atom is 0.338 e. The van der Waals surface area contributed by atoms with Crippen LogP contribution < -0.4 is 0 Å². The van der Waals surface area contributed by atoms with Crippen molar-refractivity contribution in [3.63, 3.8) is 0 Å². The van der Waals surface area contributed by atoms with Crippen molar-refractivity contribution in [2.24, 2.45) is 35.5 Å². The van der Waals surface area contributed by atoms with E-state index < -0.39 is 77.2 Å². The second-order valence-corrected chi connectivity index (χ2v) is 15.9. The van der Waals surface area contributed by atoms with Gasteiger partial charge in [0.15, 0.2) is 0 Å². The molecule has 1 aromatic rings. The molecule has 4 heterocycles. The molecule has 7 aliphatic rings. The van der Waals surface area contributed by atoms with Gasteiger partial charge in [-0.1, -0.05) is 77.7 Å². The molecule has 0 amide bonds. The molecule has 15 atom stereocenters. The Balaban J connectivity index is 1.36. The zero-order chi connectivity index (χ0) is 32.4. The van der Waals surface area contributed by atoms with E-state index in [1.165, 1.54) is 0 Å². The SMILES string of the molecule is C=C(C)[C@]12C[C@@H](C)[C@@]34O[C@]5(CCCCCCC[C@H](C)[C@H]6[C@H](C)[C@H](OC(=O)c7ccccc7)[C@](O)([C@H](O)[C@@]7(CO)O[C@H]7[C@H]3[C@H]1O5)[C@@H]64)O2. The molecule has 4 aliphatic heterocycles. The molecule has 0 unspecified atom stereocenters. The van der Waals surface area contributed by atoms with Crippen LogP contribution in [0.25, 0.3) is 0 Å². The van der Waals surface area contributed by atoms with E-state index in [2.05, 4.69) is 20.4 Å². The molecule has 3 saturated carbocycles. The van der Waals surface area contributed by atoms with Crippen molar-refractivity contribution in [2.45, 2.75) is 132 Å². The smallest absolute Gasteiger partial charge is 0.338 e. The van der Waals surface area contributed by atoms with Gasteiger partial charge in [-0.2, -0.15) is 0 Å². The van der Waals surface area contributed by atoms with Gasteiger partial charge in [0, 0.05) is 18.3 Å². The van der Waals surface area contributed by atoms with Crippen LogP contribution >= 0.6 is 0 Å². The lowest BCUT2D eigenvalue weighted by Gasteiger charge is -2.61. The molecular formula is C37H50O9. The van der Waals surface area contributed by atoms with Crippen LogP contribution in [0.15, 0.2) is 42.5 Å². The molecule has 4 saturated heterocycles. The van der Waals surface area contributed by atoms with Crippen molar-refractivity contribution < 1.29 is 43.8 Å². The molecule has 3 aliphatic carbocycles. The number of epoxide rings is 1. The predicted octanol–water partition coefficient (Wildman–Crippen LogP) is 4.52. The Labute approximate surface area is 271 Å². The third-order valence-electron chi connectivity index (χ3n) is 13.6. The number of rotatable bonds is 4. The van der Waals surface area contributed by atoms with Crippen molar-refractivity contribution >= 4 is 5.97 Å². The van der Waals surface area contributed by atoms with Crippen LogP contribution in [-0.4, -0.2) is 80.7 Å². The Hall–Kier alpha value is -1.85. The van der Waals surface area contributed by atoms with Crippen LogP contribution in [0, 0.1) is 35.5 Å². The first kappa shape index (κ1) is 31.4. The van der Waals surface area contributed by atoms with Gasteiger partial charge in [-0.3, -0.25) is 0 Å². The van der Waals surface area contributed by atoms with E-state index in [9.17, 15) is 20.1 Å². The Morgan fingerprint density at radius 3 is 2.46 bits per heavy atom. The maximum absolute atomic E-state index is 13.7. The number of hydrogen-bond acceptors (Lipinski definition) is 9. The second kappa shape index (κ2) is 10.3. The van der Waals surface area contributed by atoms with Crippen LogP contribution in [0.5, 0.6) is 0 Å². The lowest BCUT2D eigenvalue weighted by molar-refractivity contribution is -0.437. The molecule has 1 aromatic carbocycles. The fourth-order valence-electron chi connectivity index (χ4n) is 11.6. The van der Waals surface area contributed by atoms with Gasteiger partial charge in [0.25, 0.3) is 5.97 Å². The van der Waals surface area contributed by atoms with Gasteiger partial charge in [-0.25, -0.2) is 4.79 Å². The number of fused-ring (bicyclic) bond motifs is 1. The summed E-state index contributed by atoms with van der Waals surface area (Å²) in [6, 6.07) is 8.76. The summed E-state index contributed by atoms with van der Waals surface area (Å²) in [5, 5.41) is 37.0. The first-order valence-corrected chi connectivity index (χ1v) is 17.6. The summed E-state index contributed by atoms with van der Waals surface area (Å²) < 4.78 is 34.2. The minimum Gasteiger partial charge on any atom is -0.455 e. The molecule has 3 N–H and O–H groups in total. The fraction of sp³-hybridized carbons (Fsp3) is 0.757. The van der Waals surface area contributed by atoms with Crippen LogP contribution in [0.1, 0.15) is 89.4 Å². The summed E-state index contributed by atoms with van der Waals surface area (Å²) in [4.78, 5) is 13.7. The molecule has 46 heavy (non-hydrogen) atoms. The van der Waals surface area contributed by atoms with Crippen LogP contribution in [0.4, 0.5) is 0 Å². The summed E-state index contributed by atoms with van der Waals surface area (Å²) in [6.07, 6.45) is 3.37. The van der Waals surface area contributed by atoms with Gasteiger partial charge >= 0.3 is 5.97 Å². The Kier molecular flexibility index (Phi) is 7.06. The Morgan fingerprint density at radius 2 is 1.74 bits per heavy atom. The summed E-state index contributed by atoms with van der Waals surface area (Å²) in [5.41, 5.74) is -4.16. The topological polar surface area (TPSA) is 127 Å². The van der Waals surface area contributed by atoms with E-state index in [-0.39, 0.29) is 23.7 Å². The van der Waals surface area contributed by atoms with Gasteiger partial charge in [0.1, 0.15) is 41.2 Å². The summed E-state index contributed by atoms with van der Waals surface area (Å²) >= 11 is 0. The van der Waals surface area contributed by atoms with E-state index in [0.717, 1.165) is 44.1 Å². The number of hydrogen-bond donors (Lipinski definition) is 3. The van der Waals surface area contributed by atoms with Crippen LogP contribution in [0.2, 0.25) is 0 Å². The minimum absolute atomic E-state index is 0.122. The molecule has 7 fully saturated rings. The van der Waals surface area contributed by atoms with Crippen LogP contribution in [-0.2, 0) is 23.7 Å². The zero-order valence-electron chi connectivity index (χ0n) is 27.5. The number of carbonyl (C=O) groups excluding carboxylic acids is 1. The quantitative estimate of drug-likeness (QED) is 0.248. The van der Waals surface area contributed by atoms with Crippen molar-refractivity contribution in [2.75, 3.05) is 6.61 Å². The standard InChI is InChI=1S/C37H50O9/c1-20(2)33-18-22(4)37-26-29(33)44-35(45-33,46-37)17-13-8-6-7-10-14-21(3)25-23(5)28(42-31(39)24-15-11-9-12-16-24)36(41,27(25)37)32(40)34(19-38)30(26)43-34/h9,11-12,15-16,21-23,25-30,32,38,40-41H,1,6-8,10,13-14,17-19H2,2-5H3/t21-,22+,23-,25-,26+,27+,28-,29+,30-,32+,33+,34-,35-,36-,37+/m0/s1. The van der Waals surface area contributed by atoms with E-state index in [1.54, 1.807) is 24.3 Å². The first-order chi connectivity index (χ1) is 21.9. The number of ether oxygens (including phenoxy) is 5. The monoisotopic (exact) mass is 638 g/mol. The molecule has 9 heteroatoms. The van der Waals surface area contributed by atoms with Crippen molar-refractivity contribution in [1.29, 1.82) is 0 Å². The normalized spacial score (nSPS) is 53.6. The number of aliphatic hydroxyl groups is 3. The van der Waals surface area contributed by atoms with E-state index in [0.29, 0.717) is 18.4 Å². The van der Waals surface area contributed by atoms with Gasteiger partial charge < -0.3 is 39.0 Å². The predicted molar refractivity (Wildman–Crippen MR) is 166 cm³/mol. The molecule has 0 radical (unpaired) electrons. The number of aliphatic hydroxyl groups excluding tert-OH is 2. The molecule has 3 bridgehead atoms. The highest BCUT2D eigenvalue weighted by molar-refractivity contribution is 5.89. The summed E-state index contributed by atoms with van der Waals surface area (Å²) in [7, 11) is 0. The average molecular weight is 639 g/mol. The molecule has 8 rings (SSSR count). The third-order valence-corrected chi connectivity index (χ3v) is 13.6. The summed E-state index contributed by atoms with van der Waals surface area (Å²) in [6.45, 7) is 12.3. The number of benzene rings is 1. The average Bonchev–Trinajstić information content (AvgIpc) is 3.67. The molecule has 9 nitrogen and oxygen atoms in total. The van der Waals surface area contributed by atoms with Crippen LogP contribution in [0.3, 0.4) is 0 Å². The highest BCUT2D eigenvalue weighted by atomic mass is 16.9. The van der Waals surface area contributed by atoms with E-state index >= 15 is 0 Å². The van der Waals surface area contributed by atoms with Crippen molar-refractivity contribution in [3.05, 3.63) is 48.0 Å². The Bertz CT molecular complexity index is 1400. The maximum atomic E-state index is 13.7. The molecular weight excluding hydrogens is 588 g/mol. The lowest BCUT2D eigenvalue weighted by Crippen LogP contribution is -2.73. The van der Waals surface area contributed by atoms with Crippen molar-refractivity contribution in [3.8, 4) is 0 Å². The first-order valence-electron chi connectivity index (χ1n) is 17.6. The van der Waals surface area contributed by atoms with Gasteiger partial charge in [0.05, 0.1) is 17.8 Å². The second-order valence-electron chi connectivity index (χ2n) is 15.9. The van der Waals surface area contributed by atoms with Crippen molar-refractivity contribution in [1.82, 2.24) is 0 Å². The van der Waals surface area contributed by atoms with E-state index in [1.807, 2.05) is 19.9 Å². The minimum atomic E-state index is -2.00. The number of esters is 1. The largest absolute Gasteiger partial charge is 0.455 e. The zero-order valence-corrected chi connectivity index (χ0v) is 27.5. The third kappa shape index (κ3) is 3.79. The van der Waals surface area contributed by atoms with E-state index in [4.69, 9.17) is 23.7 Å². The van der Waals surface area contributed by atoms with Gasteiger partial charge in [-0.05, 0) is 61.1 Å². The Morgan fingerprint density at radius 1 is 1.02 bits per heavy atom. The fourth-order valence-corrected chi connectivity index (χ4v) is 11.6. The summed E-state index contributed by atoms with van der Waals surface area (Å²) in [5.74, 6) is -3.61. The number of carbonyl (C=O) groups is 1. The molecule has 0 aromatic heterocycles. The lowest BCUT2D eigenvalue weighted by atomic mass is 9.52. The molecule has 252 valence electrons. The van der Waals surface area contributed by atoms with Gasteiger partial charge in [-0.15, -0.1) is 0 Å². The molecule has 2 spiro atoms. The highest BCUT2D eigenvalue weighted by Gasteiger charge is 2.90. The highest BCUT2D eigenvalue weighted by Crippen LogP contribution is 2.75. The van der Waals surface area contributed by atoms with Gasteiger partial charge in [0.2, 0.25) is 0 Å².